The minimum atomic E-state index is -0.0772. The highest BCUT2D eigenvalue weighted by molar-refractivity contribution is 5.70. The summed E-state index contributed by atoms with van der Waals surface area (Å²) in [5.74, 6) is 0.265. The highest BCUT2D eigenvalue weighted by atomic mass is 16.5. The van der Waals surface area contributed by atoms with Crippen LogP contribution in [0.4, 0.5) is 0 Å². The van der Waals surface area contributed by atoms with E-state index < -0.39 is 0 Å². The van der Waals surface area contributed by atoms with E-state index in [2.05, 4.69) is 27.7 Å². The predicted molar refractivity (Wildman–Crippen MR) is 74.1 cm³/mol. The number of ether oxygens (including phenoxy) is 1. The van der Waals surface area contributed by atoms with E-state index in [9.17, 15) is 4.79 Å². The first-order valence-electron chi connectivity index (χ1n) is 6.99. The lowest BCUT2D eigenvalue weighted by molar-refractivity contribution is -0.173. The van der Waals surface area contributed by atoms with Gasteiger partial charge in [0.15, 0.2) is 0 Å². The molecule has 0 aromatic rings. The molecule has 18 heavy (non-hydrogen) atoms. The summed E-state index contributed by atoms with van der Waals surface area (Å²) in [4.78, 5) is 11.9. The van der Waals surface area contributed by atoms with Crippen LogP contribution in [0.25, 0.3) is 0 Å². The van der Waals surface area contributed by atoms with Gasteiger partial charge in [0.1, 0.15) is 6.10 Å². The summed E-state index contributed by atoms with van der Waals surface area (Å²) in [5.41, 5.74) is 6.02. The molecule has 0 radical (unpaired) electrons. The minimum absolute atomic E-state index is 0.0453. The molecule has 0 heterocycles. The Bertz CT molecular complexity index is 290. The Kier molecular flexibility index (Phi) is 4.47. The van der Waals surface area contributed by atoms with Crippen molar-refractivity contribution in [3.05, 3.63) is 0 Å². The molecule has 1 rings (SSSR count). The molecule has 0 aliphatic heterocycles. The monoisotopic (exact) mass is 255 g/mol. The molecule has 1 aliphatic carbocycles. The normalized spacial score (nSPS) is 30.2. The van der Waals surface area contributed by atoms with E-state index >= 15 is 0 Å². The summed E-state index contributed by atoms with van der Waals surface area (Å²) >= 11 is 0. The number of rotatable bonds is 3. The third-order valence-corrected chi connectivity index (χ3v) is 3.82. The maximum absolute atomic E-state index is 11.9. The number of hydrogen-bond donors (Lipinski definition) is 1. The van der Waals surface area contributed by atoms with Crippen molar-refractivity contribution in [2.24, 2.45) is 22.5 Å². The van der Waals surface area contributed by atoms with E-state index in [1.54, 1.807) is 0 Å². The Morgan fingerprint density at radius 1 is 1.22 bits per heavy atom. The molecule has 106 valence electrons. The lowest BCUT2D eigenvalue weighted by Gasteiger charge is -2.50. The molecular weight excluding hydrogens is 226 g/mol. The van der Waals surface area contributed by atoms with Crippen molar-refractivity contribution in [2.75, 3.05) is 0 Å². The molecule has 1 saturated carbocycles. The number of carbonyl (C=O) groups is 1. The van der Waals surface area contributed by atoms with Gasteiger partial charge in [-0.25, -0.2) is 0 Å². The van der Waals surface area contributed by atoms with Crippen molar-refractivity contribution in [1.29, 1.82) is 0 Å². The average molecular weight is 255 g/mol. The van der Waals surface area contributed by atoms with Gasteiger partial charge in [0.2, 0.25) is 0 Å². The summed E-state index contributed by atoms with van der Waals surface area (Å²) in [6, 6.07) is 0.204. The van der Waals surface area contributed by atoms with Gasteiger partial charge in [-0.3, -0.25) is 4.79 Å². The van der Waals surface area contributed by atoms with Gasteiger partial charge in [0, 0.05) is 23.3 Å². The SMILES string of the molecule is CC(C)CC(=O)OC1C(C)(C)CC(N)CC1(C)C. The van der Waals surface area contributed by atoms with E-state index in [1.807, 2.05) is 13.8 Å². The van der Waals surface area contributed by atoms with Crippen molar-refractivity contribution >= 4 is 5.97 Å². The first-order chi connectivity index (χ1) is 8.04. The highest BCUT2D eigenvalue weighted by Crippen LogP contribution is 2.47. The molecule has 0 spiro atoms. The van der Waals surface area contributed by atoms with Gasteiger partial charge in [0.25, 0.3) is 0 Å². The van der Waals surface area contributed by atoms with E-state index in [0.29, 0.717) is 12.3 Å². The molecule has 0 aromatic heterocycles. The lowest BCUT2D eigenvalue weighted by atomic mass is 9.61. The first-order valence-corrected chi connectivity index (χ1v) is 6.99. The summed E-state index contributed by atoms with van der Waals surface area (Å²) in [5, 5.41) is 0. The molecule has 0 atom stereocenters. The molecule has 3 heteroatoms. The van der Waals surface area contributed by atoms with Gasteiger partial charge in [0.05, 0.1) is 0 Å². The Hall–Kier alpha value is -0.570. The van der Waals surface area contributed by atoms with Crippen molar-refractivity contribution in [2.45, 2.75) is 73.0 Å². The molecule has 3 nitrogen and oxygen atoms in total. The van der Waals surface area contributed by atoms with Crippen molar-refractivity contribution in [3.8, 4) is 0 Å². The number of nitrogens with two attached hydrogens (primary N) is 1. The van der Waals surface area contributed by atoms with Crippen LogP contribution in [0.3, 0.4) is 0 Å². The fourth-order valence-electron chi connectivity index (χ4n) is 3.53. The zero-order valence-electron chi connectivity index (χ0n) is 12.7. The summed E-state index contributed by atoms with van der Waals surface area (Å²) in [6.07, 6.45) is 2.27. The van der Waals surface area contributed by atoms with Crippen LogP contribution in [0.2, 0.25) is 0 Å². The number of carbonyl (C=O) groups excluding carboxylic acids is 1. The van der Waals surface area contributed by atoms with Gasteiger partial charge in [-0.15, -0.1) is 0 Å². The molecule has 0 unspecified atom stereocenters. The maximum atomic E-state index is 11.9. The first kappa shape index (κ1) is 15.5. The van der Waals surface area contributed by atoms with Gasteiger partial charge in [-0.05, 0) is 18.8 Å². The molecule has 0 aromatic carbocycles. The average Bonchev–Trinajstić information content (AvgIpc) is 2.08. The Balaban J connectivity index is 2.80. The molecule has 1 fully saturated rings. The summed E-state index contributed by atoms with van der Waals surface area (Å²) in [7, 11) is 0. The number of hydrogen-bond acceptors (Lipinski definition) is 3. The molecular formula is C15H29NO2. The smallest absolute Gasteiger partial charge is 0.306 e. The zero-order chi connectivity index (χ0) is 14.1. The topological polar surface area (TPSA) is 52.3 Å². The summed E-state index contributed by atoms with van der Waals surface area (Å²) in [6.45, 7) is 12.7. The van der Waals surface area contributed by atoms with E-state index in [4.69, 9.17) is 10.5 Å². The largest absolute Gasteiger partial charge is 0.461 e. The van der Waals surface area contributed by atoms with Crippen LogP contribution in [0, 0.1) is 16.7 Å². The van der Waals surface area contributed by atoms with Crippen molar-refractivity contribution in [1.82, 2.24) is 0 Å². The fraction of sp³-hybridized carbons (Fsp3) is 0.933. The molecule has 0 saturated heterocycles. The van der Waals surface area contributed by atoms with Gasteiger partial charge >= 0.3 is 5.97 Å². The Morgan fingerprint density at radius 3 is 2.06 bits per heavy atom. The van der Waals surface area contributed by atoms with Crippen LogP contribution in [-0.2, 0) is 9.53 Å². The lowest BCUT2D eigenvalue weighted by Crippen LogP contribution is -2.54. The van der Waals surface area contributed by atoms with Crippen LogP contribution in [0.15, 0.2) is 0 Å². The zero-order valence-corrected chi connectivity index (χ0v) is 12.7. The van der Waals surface area contributed by atoms with E-state index in [-0.39, 0.29) is 28.9 Å². The van der Waals surface area contributed by atoms with Crippen LogP contribution >= 0.6 is 0 Å². The Morgan fingerprint density at radius 2 is 1.67 bits per heavy atom. The highest BCUT2D eigenvalue weighted by Gasteiger charge is 2.48. The minimum Gasteiger partial charge on any atom is -0.461 e. The second-order valence-electron chi connectivity index (χ2n) is 7.61. The molecule has 0 bridgehead atoms. The molecule has 1 aliphatic rings. The quantitative estimate of drug-likeness (QED) is 0.788. The van der Waals surface area contributed by atoms with E-state index in [1.165, 1.54) is 0 Å². The third kappa shape index (κ3) is 3.71. The van der Waals surface area contributed by atoms with Crippen molar-refractivity contribution in [3.63, 3.8) is 0 Å². The maximum Gasteiger partial charge on any atom is 0.306 e. The fourth-order valence-corrected chi connectivity index (χ4v) is 3.53. The molecule has 0 amide bonds. The van der Waals surface area contributed by atoms with Crippen LogP contribution in [0.1, 0.15) is 60.8 Å². The molecule has 2 N–H and O–H groups in total. The summed E-state index contributed by atoms with van der Waals surface area (Å²) < 4.78 is 5.79. The third-order valence-electron chi connectivity index (χ3n) is 3.82. The predicted octanol–water partition coefficient (Wildman–Crippen LogP) is 3.12. The van der Waals surface area contributed by atoms with Crippen LogP contribution in [-0.4, -0.2) is 18.1 Å². The second-order valence-corrected chi connectivity index (χ2v) is 7.61. The number of esters is 1. The van der Waals surface area contributed by atoms with Gasteiger partial charge in [-0.1, -0.05) is 41.5 Å². The van der Waals surface area contributed by atoms with Gasteiger partial charge in [-0.2, -0.15) is 0 Å². The van der Waals surface area contributed by atoms with Gasteiger partial charge < -0.3 is 10.5 Å². The standard InChI is InChI=1S/C15H29NO2/c1-10(2)7-12(17)18-13-14(3,4)8-11(16)9-15(13,5)6/h10-11,13H,7-9,16H2,1-6H3. The van der Waals surface area contributed by atoms with Crippen LogP contribution < -0.4 is 5.73 Å². The second kappa shape index (κ2) is 5.20. The van der Waals surface area contributed by atoms with Crippen molar-refractivity contribution < 1.29 is 9.53 Å². The van der Waals surface area contributed by atoms with Crippen LogP contribution in [0.5, 0.6) is 0 Å². The van der Waals surface area contributed by atoms with E-state index in [0.717, 1.165) is 12.8 Å². The Labute approximate surface area is 111 Å².